The van der Waals surface area contributed by atoms with Gasteiger partial charge in [-0.1, -0.05) is 129 Å². The molecule has 0 N–H and O–H groups in total. The van der Waals surface area contributed by atoms with E-state index in [1.807, 2.05) is 0 Å². The Labute approximate surface area is 184 Å². The number of carbonyl (C=O) groups excluding carboxylic acids is 1. The van der Waals surface area contributed by atoms with Crippen molar-refractivity contribution < 1.29 is 4.79 Å². The van der Waals surface area contributed by atoms with E-state index < -0.39 is 0 Å². The SMILES string of the molecule is CCCCCCCCCC(=O)CCCCCCC[C@H]1C[C@@H]1CCCCCCCC. The number of Topliss-reactive ketones (excluding diaryl/α,β-unsaturated/α-hetero) is 1. The first-order valence-corrected chi connectivity index (χ1v) is 13.8. The van der Waals surface area contributed by atoms with E-state index in [1.165, 1.54) is 122 Å². The highest BCUT2D eigenvalue weighted by atomic mass is 16.1. The van der Waals surface area contributed by atoms with Crippen LogP contribution < -0.4 is 0 Å². The Morgan fingerprint density at radius 1 is 0.517 bits per heavy atom. The second kappa shape index (κ2) is 19.6. The Bertz CT molecular complexity index is 361. The summed E-state index contributed by atoms with van der Waals surface area (Å²) in [6.45, 7) is 4.56. The van der Waals surface area contributed by atoms with Gasteiger partial charge in [0.05, 0.1) is 0 Å². The summed E-state index contributed by atoms with van der Waals surface area (Å²) in [5.74, 6) is 2.69. The molecule has 1 heteroatoms. The third kappa shape index (κ3) is 17.1. The normalized spacial score (nSPS) is 18.3. The van der Waals surface area contributed by atoms with Crippen molar-refractivity contribution in [3.05, 3.63) is 0 Å². The molecule has 29 heavy (non-hydrogen) atoms. The molecule has 0 bridgehead atoms. The molecule has 1 aliphatic carbocycles. The minimum absolute atomic E-state index is 0.522. The molecule has 1 saturated carbocycles. The van der Waals surface area contributed by atoms with Gasteiger partial charge in [-0.15, -0.1) is 0 Å². The molecular formula is C28H54O. The fourth-order valence-electron chi connectivity index (χ4n) is 4.87. The van der Waals surface area contributed by atoms with Gasteiger partial charge in [-0.2, -0.15) is 0 Å². The molecule has 0 saturated heterocycles. The summed E-state index contributed by atoms with van der Waals surface area (Å²) in [4.78, 5) is 12.0. The van der Waals surface area contributed by atoms with Crippen molar-refractivity contribution in [1.82, 2.24) is 0 Å². The lowest BCUT2D eigenvalue weighted by atomic mass is 10.0. The molecule has 0 aromatic rings. The molecule has 1 fully saturated rings. The van der Waals surface area contributed by atoms with Gasteiger partial charge >= 0.3 is 0 Å². The second-order valence-electron chi connectivity index (χ2n) is 10.0. The Morgan fingerprint density at radius 3 is 1.28 bits per heavy atom. The molecule has 1 rings (SSSR count). The molecule has 2 atom stereocenters. The van der Waals surface area contributed by atoms with Crippen LogP contribution in [0.3, 0.4) is 0 Å². The molecule has 1 nitrogen and oxygen atoms in total. The van der Waals surface area contributed by atoms with E-state index in [0.717, 1.165) is 37.5 Å². The number of rotatable bonds is 23. The fraction of sp³-hybridized carbons (Fsp3) is 0.964. The van der Waals surface area contributed by atoms with Gasteiger partial charge in [-0.05, 0) is 31.1 Å². The Balaban J connectivity index is 1.75. The number of carbonyl (C=O) groups is 1. The highest BCUT2D eigenvalue weighted by Gasteiger charge is 2.34. The smallest absolute Gasteiger partial charge is 0.132 e. The number of unbranched alkanes of at least 4 members (excludes halogenated alkanes) is 15. The van der Waals surface area contributed by atoms with Crippen LogP contribution in [0.15, 0.2) is 0 Å². The second-order valence-corrected chi connectivity index (χ2v) is 10.0. The summed E-state index contributed by atoms with van der Waals surface area (Å²) in [6.07, 6.45) is 30.6. The van der Waals surface area contributed by atoms with Crippen LogP contribution in [0, 0.1) is 11.8 Å². The molecule has 0 amide bonds. The zero-order chi connectivity index (χ0) is 21.0. The lowest BCUT2D eigenvalue weighted by molar-refractivity contribution is -0.119. The first-order valence-electron chi connectivity index (χ1n) is 13.8. The van der Waals surface area contributed by atoms with Crippen LogP contribution in [-0.4, -0.2) is 5.78 Å². The minimum atomic E-state index is 0.522. The van der Waals surface area contributed by atoms with Crippen LogP contribution in [0.1, 0.15) is 162 Å². The highest BCUT2D eigenvalue weighted by Crippen LogP contribution is 2.45. The Hall–Kier alpha value is -0.330. The first-order chi connectivity index (χ1) is 14.3. The van der Waals surface area contributed by atoms with Gasteiger partial charge in [0.15, 0.2) is 0 Å². The standard InChI is InChI=1S/C28H54O/c1-3-5-7-9-11-15-19-23-28(29)24-20-16-12-14-18-22-27-25-26(27)21-17-13-10-8-6-4-2/h26-27H,3-25H2,1-2H3/t26-,27-/m0/s1. The van der Waals surface area contributed by atoms with Crippen LogP contribution in [0.4, 0.5) is 0 Å². The van der Waals surface area contributed by atoms with Crippen molar-refractivity contribution >= 4 is 5.78 Å². The average molecular weight is 407 g/mol. The largest absolute Gasteiger partial charge is 0.300 e. The highest BCUT2D eigenvalue weighted by molar-refractivity contribution is 5.78. The molecule has 1 aliphatic rings. The van der Waals surface area contributed by atoms with Crippen molar-refractivity contribution in [2.24, 2.45) is 11.8 Å². The van der Waals surface area contributed by atoms with Crippen LogP contribution in [0.5, 0.6) is 0 Å². The first kappa shape index (κ1) is 26.7. The van der Waals surface area contributed by atoms with Crippen LogP contribution in [-0.2, 0) is 4.79 Å². The van der Waals surface area contributed by atoms with E-state index in [2.05, 4.69) is 13.8 Å². The molecule has 0 aromatic heterocycles. The summed E-state index contributed by atoms with van der Waals surface area (Å²) in [7, 11) is 0. The van der Waals surface area contributed by atoms with Crippen molar-refractivity contribution in [3.8, 4) is 0 Å². The molecule has 0 radical (unpaired) electrons. The zero-order valence-corrected chi connectivity index (χ0v) is 20.3. The van der Waals surface area contributed by atoms with Gasteiger partial charge in [0, 0.05) is 12.8 Å². The number of hydrogen-bond donors (Lipinski definition) is 0. The van der Waals surface area contributed by atoms with E-state index in [4.69, 9.17) is 0 Å². The zero-order valence-electron chi connectivity index (χ0n) is 20.3. The van der Waals surface area contributed by atoms with Crippen molar-refractivity contribution in [2.75, 3.05) is 0 Å². The lowest BCUT2D eigenvalue weighted by Gasteiger charge is -2.04. The van der Waals surface area contributed by atoms with Crippen LogP contribution in [0.2, 0.25) is 0 Å². The topological polar surface area (TPSA) is 17.1 Å². The third-order valence-corrected chi connectivity index (χ3v) is 7.09. The van der Waals surface area contributed by atoms with Gasteiger partial charge in [-0.3, -0.25) is 4.79 Å². The predicted molar refractivity (Wildman–Crippen MR) is 130 cm³/mol. The molecule has 0 aliphatic heterocycles. The third-order valence-electron chi connectivity index (χ3n) is 7.09. The molecule has 172 valence electrons. The molecule has 0 unspecified atom stereocenters. The van der Waals surface area contributed by atoms with E-state index in [1.54, 1.807) is 0 Å². The van der Waals surface area contributed by atoms with E-state index in [0.29, 0.717) is 5.78 Å². The van der Waals surface area contributed by atoms with Gasteiger partial charge in [0.1, 0.15) is 5.78 Å². The lowest BCUT2D eigenvalue weighted by Crippen LogP contribution is -1.97. The van der Waals surface area contributed by atoms with E-state index >= 15 is 0 Å². The summed E-state index contributed by atoms with van der Waals surface area (Å²) in [5, 5.41) is 0. The molecule has 0 heterocycles. The van der Waals surface area contributed by atoms with E-state index in [-0.39, 0.29) is 0 Å². The predicted octanol–water partition coefficient (Wildman–Crippen LogP) is 9.81. The quantitative estimate of drug-likeness (QED) is 0.154. The van der Waals surface area contributed by atoms with Crippen LogP contribution >= 0.6 is 0 Å². The van der Waals surface area contributed by atoms with E-state index in [9.17, 15) is 4.79 Å². The maximum Gasteiger partial charge on any atom is 0.132 e. The van der Waals surface area contributed by atoms with Gasteiger partial charge < -0.3 is 0 Å². The minimum Gasteiger partial charge on any atom is -0.300 e. The monoisotopic (exact) mass is 406 g/mol. The molecular weight excluding hydrogens is 352 g/mol. The number of ketones is 1. The fourth-order valence-corrected chi connectivity index (χ4v) is 4.87. The summed E-state index contributed by atoms with van der Waals surface area (Å²) < 4.78 is 0. The Morgan fingerprint density at radius 2 is 0.862 bits per heavy atom. The summed E-state index contributed by atoms with van der Waals surface area (Å²) in [5.41, 5.74) is 0. The van der Waals surface area contributed by atoms with Crippen LogP contribution in [0.25, 0.3) is 0 Å². The van der Waals surface area contributed by atoms with Crippen molar-refractivity contribution in [2.45, 2.75) is 162 Å². The average Bonchev–Trinajstić information content (AvgIpc) is 3.47. The Kier molecular flexibility index (Phi) is 18.1. The van der Waals surface area contributed by atoms with Crippen molar-refractivity contribution in [3.63, 3.8) is 0 Å². The summed E-state index contributed by atoms with van der Waals surface area (Å²) in [6, 6.07) is 0. The van der Waals surface area contributed by atoms with Crippen molar-refractivity contribution in [1.29, 1.82) is 0 Å². The summed E-state index contributed by atoms with van der Waals surface area (Å²) >= 11 is 0. The maximum absolute atomic E-state index is 12.0. The maximum atomic E-state index is 12.0. The molecule has 0 spiro atoms. The van der Waals surface area contributed by atoms with Gasteiger partial charge in [0.25, 0.3) is 0 Å². The number of hydrogen-bond acceptors (Lipinski definition) is 1. The van der Waals surface area contributed by atoms with Gasteiger partial charge in [0.2, 0.25) is 0 Å². The van der Waals surface area contributed by atoms with Gasteiger partial charge in [-0.25, -0.2) is 0 Å². The molecule has 0 aromatic carbocycles.